The molecule has 1 saturated heterocycles. The number of nitro groups is 1. The molecule has 1 N–H and O–H groups in total. The summed E-state index contributed by atoms with van der Waals surface area (Å²) in [5, 5.41) is 19.4. The first-order valence-corrected chi connectivity index (χ1v) is 10.4. The number of nitrogens with zero attached hydrogens (tertiary/aromatic N) is 2. The van der Waals surface area contributed by atoms with Gasteiger partial charge in [-0.25, -0.2) is 0 Å². The van der Waals surface area contributed by atoms with E-state index in [1.165, 1.54) is 23.1 Å². The van der Waals surface area contributed by atoms with Crippen LogP contribution in [-0.2, 0) is 4.79 Å². The second-order valence-electron chi connectivity index (χ2n) is 6.72. The van der Waals surface area contributed by atoms with Crippen LogP contribution in [0.15, 0.2) is 57.9 Å². The van der Waals surface area contributed by atoms with Crippen LogP contribution in [-0.4, -0.2) is 22.8 Å². The molecule has 0 saturated carbocycles. The molecule has 5 rings (SSSR count). The van der Waals surface area contributed by atoms with Crippen molar-refractivity contribution in [3.63, 3.8) is 0 Å². The molecule has 2 aliphatic heterocycles. The fourth-order valence-corrected chi connectivity index (χ4v) is 4.29. The number of amidine groups is 1. The minimum absolute atomic E-state index is 0.0303. The maximum Gasteiger partial charge on any atom is 0.288 e. The average Bonchev–Trinajstić information content (AvgIpc) is 3.48. The van der Waals surface area contributed by atoms with Crippen LogP contribution in [0.25, 0.3) is 17.4 Å². The summed E-state index contributed by atoms with van der Waals surface area (Å²) in [6.07, 6.45) is 1.53. The number of hydrogen-bond acceptors (Lipinski definition) is 8. The van der Waals surface area contributed by atoms with E-state index in [0.717, 1.165) is 11.8 Å². The Morgan fingerprint density at radius 2 is 1.94 bits per heavy atom. The highest BCUT2D eigenvalue weighted by Crippen LogP contribution is 2.40. The summed E-state index contributed by atoms with van der Waals surface area (Å²) in [5.41, 5.74) is 0.745. The molecule has 3 aromatic rings. The lowest BCUT2D eigenvalue weighted by Crippen LogP contribution is -2.28. The lowest BCUT2D eigenvalue weighted by Gasteiger charge is -2.14. The van der Waals surface area contributed by atoms with Crippen LogP contribution >= 0.6 is 23.4 Å². The molecule has 9 nitrogen and oxygen atoms in total. The minimum atomic E-state index is -0.568. The zero-order chi connectivity index (χ0) is 22.4. The first-order chi connectivity index (χ1) is 15.4. The average molecular weight is 470 g/mol. The van der Waals surface area contributed by atoms with Gasteiger partial charge in [0.15, 0.2) is 16.7 Å². The van der Waals surface area contributed by atoms with Gasteiger partial charge < -0.3 is 13.9 Å². The van der Waals surface area contributed by atoms with E-state index in [1.54, 1.807) is 36.4 Å². The topological polar surface area (TPSA) is 119 Å². The summed E-state index contributed by atoms with van der Waals surface area (Å²) in [4.78, 5) is 25.1. The number of benzene rings is 2. The largest absolute Gasteiger partial charge is 0.457 e. The summed E-state index contributed by atoms with van der Waals surface area (Å²) in [5.74, 6) is 1.47. The van der Waals surface area contributed by atoms with Gasteiger partial charge in [-0.05, 0) is 48.2 Å². The number of nitro benzene ring substituents is 1. The predicted molar refractivity (Wildman–Crippen MR) is 119 cm³/mol. The van der Waals surface area contributed by atoms with Crippen molar-refractivity contribution < 1.29 is 23.6 Å². The normalized spacial score (nSPS) is 16.3. The summed E-state index contributed by atoms with van der Waals surface area (Å²) in [6.45, 7) is 0.113. The molecular weight excluding hydrogens is 458 g/mol. The maximum atomic E-state index is 12.9. The van der Waals surface area contributed by atoms with Gasteiger partial charge in [0.1, 0.15) is 16.5 Å². The van der Waals surface area contributed by atoms with Gasteiger partial charge in [-0.2, -0.15) is 0 Å². The van der Waals surface area contributed by atoms with E-state index in [4.69, 9.17) is 30.9 Å². The monoisotopic (exact) mass is 469 g/mol. The number of thioether (sulfide) groups is 1. The van der Waals surface area contributed by atoms with E-state index >= 15 is 0 Å². The summed E-state index contributed by atoms with van der Waals surface area (Å²) >= 11 is 6.86. The SMILES string of the molecule is N=C1S/C(=C\c2ccc(-c3ccc(Cl)c([N+](=O)[O-])c3)o2)C(=O)N1c1ccc2c(c1)OCO2. The van der Waals surface area contributed by atoms with Crippen LogP contribution in [0, 0.1) is 15.5 Å². The highest BCUT2D eigenvalue weighted by molar-refractivity contribution is 8.19. The molecule has 0 unspecified atom stereocenters. The van der Waals surface area contributed by atoms with Gasteiger partial charge in [-0.1, -0.05) is 11.6 Å². The van der Waals surface area contributed by atoms with Gasteiger partial charge in [-0.15, -0.1) is 0 Å². The van der Waals surface area contributed by atoms with Crippen molar-refractivity contribution in [1.82, 2.24) is 0 Å². The highest BCUT2D eigenvalue weighted by atomic mass is 35.5. The van der Waals surface area contributed by atoms with E-state index in [1.807, 2.05) is 0 Å². The van der Waals surface area contributed by atoms with Gasteiger partial charge in [0, 0.05) is 23.8 Å². The van der Waals surface area contributed by atoms with Crippen LogP contribution < -0.4 is 14.4 Å². The Bertz CT molecular complexity index is 1330. The van der Waals surface area contributed by atoms with E-state index in [2.05, 4.69) is 0 Å². The molecule has 3 heterocycles. The molecule has 2 aliphatic rings. The van der Waals surface area contributed by atoms with Crippen molar-refractivity contribution in [3.05, 3.63) is 74.3 Å². The molecule has 32 heavy (non-hydrogen) atoms. The van der Waals surface area contributed by atoms with Crippen molar-refractivity contribution in [1.29, 1.82) is 5.41 Å². The lowest BCUT2D eigenvalue weighted by atomic mass is 10.1. The fraction of sp³-hybridized carbons (Fsp3) is 0.0476. The molecule has 0 spiro atoms. The highest BCUT2D eigenvalue weighted by Gasteiger charge is 2.34. The lowest BCUT2D eigenvalue weighted by molar-refractivity contribution is -0.384. The Labute approximate surface area is 189 Å². The number of rotatable bonds is 4. The van der Waals surface area contributed by atoms with Crippen molar-refractivity contribution in [2.24, 2.45) is 0 Å². The Hall–Kier alpha value is -3.76. The van der Waals surface area contributed by atoms with Gasteiger partial charge in [0.05, 0.1) is 15.5 Å². The number of furan rings is 1. The van der Waals surface area contributed by atoms with Crippen LogP contribution in [0.4, 0.5) is 11.4 Å². The number of fused-ring (bicyclic) bond motifs is 1. The molecule has 0 aliphatic carbocycles. The Kier molecular flexibility index (Phi) is 4.87. The van der Waals surface area contributed by atoms with E-state index in [-0.39, 0.29) is 28.6 Å². The van der Waals surface area contributed by atoms with Crippen molar-refractivity contribution in [2.45, 2.75) is 0 Å². The van der Waals surface area contributed by atoms with Crippen molar-refractivity contribution >= 4 is 51.9 Å². The van der Waals surface area contributed by atoms with E-state index in [0.29, 0.717) is 39.2 Å². The standard InChI is InChI=1S/C21H12ClN3O6S/c22-14-4-1-11(7-15(14)25(27)28)16-6-3-13(31-16)9-19-20(26)24(21(23)32-19)12-2-5-17-18(8-12)30-10-29-17/h1-9,23H,10H2/b19-9-,23-21?. The Morgan fingerprint density at radius 3 is 2.75 bits per heavy atom. The van der Waals surface area contributed by atoms with Gasteiger partial charge in [-0.3, -0.25) is 25.2 Å². The minimum Gasteiger partial charge on any atom is -0.457 e. The van der Waals surface area contributed by atoms with Crippen LogP contribution in [0.5, 0.6) is 11.5 Å². The molecule has 11 heteroatoms. The molecule has 0 bridgehead atoms. The number of ether oxygens (including phenoxy) is 2. The fourth-order valence-electron chi connectivity index (χ4n) is 3.27. The number of nitrogens with one attached hydrogen (secondary N) is 1. The quantitative estimate of drug-likeness (QED) is 0.313. The zero-order valence-electron chi connectivity index (χ0n) is 16.0. The number of hydrogen-bond donors (Lipinski definition) is 1. The molecular formula is C21H12ClN3O6S. The first-order valence-electron chi connectivity index (χ1n) is 9.17. The van der Waals surface area contributed by atoms with Crippen molar-refractivity contribution in [3.8, 4) is 22.8 Å². The van der Waals surface area contributed by atoms with E-state index < -0.39 is 4.92 Å². The summed E-state index contributed by atoms with van der Waals surface area (Å²) in [7, 11) is 0. The summed E-state index contributed by atoms with van der Waals surface area (Å²) in [6, 6.07) is 12.7. The van der Waals surface area contributed by atoms with Crippen LogP contribution in [0.1, 0.15) is 5.76 Å². The molecule has 160 valence electrons. The van der Waals surface area contributed by atoms with Gasteiger partial charge in [0.25, 0.3) is 11.6 Å². The third-order valence-corrected chi connectivity index (χ3v) is 5.97. The number of halogens is 1. The molecule has 1 fully saturated rings. The molecule has 0 radical (unpaired) electrons. The van der Waals surface area contributed by atoms with Crippen LogP contribution in [0.3, 0.4) is 0 Å². The third-order valence-electron chi connectivity index (χ3n) is 4.77. The smallest absolute Gasteiger partial charge is 0.288 e. The zero-order valence-corrected chi connectivity index (χ0v) is 17.6. The second kappa shape index (κ2) is 7.74. The van der Waals surface area contributed by atoms with E-state index in [9.17, 15) is 14.9 Å². The van der Waals surface area contributed by atoms with Gasteiger partial charge >= 0.3 is 0 Å². The number of carbonyl (C=O) groups is 1. The summed E-state index contributed by atoms with van der Waals surface area (Å²) < 4.78 is 16.4. The van der Waals surface area contributed by atoms with Gasteiger partial charge in [0.2, 0.25) is 6.79 Å². The van der Waals surface area contributed by atoms with Crippen LogP contribution in [0.2, 0.25) is 5.02 Å². The molecule has 2 aromatic carbocycles. The Morgan fingerprint density at radius 1 is 1.12 bits per heavy atom. The third kappa shape index (κ3) is 3.49. The molecule has 0 atom stereocenters. The van der Waals surface area contributed by atoms with Crippen molar-refractivity contribution in [2.75, 3.05) is 11.7 Å². The molecule has 1 amide bonds. The molecule has 1 aromatic heterocycles. The predicted octanol–water partition coefficient (Wildman–Crippen LogP) is 5.29. The number of carbonyl (C=O) groups excluding carboxylic acids is 1. The number of amides is 1. The first kappa shape index (κ1) is 20.2. The number of anilines is 1. The second-order valence-corrected chi connectivity index (χ2v) is 8.16. The Balaban J connectivity index is 1.41. The maximum absolute atomic E-state index is 12.9.